The smallest absolute Gasteiger partial charge is 0.262 e. The second-order valence-corrected chi connectivity index (χ2v) is 10.8. The van der Waals surface area contributed by atoms with Crippen molar-refractivity contribution >= 4 is 38.9 Å². The Balaban J connectivity index is 1.52. The van der Waals surface area contributed by atoms with E-state index in [-0.39, 0.29) is 47.4 Å². The molecule has 1 N–H and O–H groups in total. The fourth-order valence-electron chi connectivity index (χ4n) is 3.72. The first-order chi connectivity index (χ1) is 16.8. The first-order valence-electron chi connectivity index (χ1n) is 10.7. The Morgan fingerprint density at radius 2 is 1.57 bits per heavy atom. The number of hydrogen-bond donors (Lipinski definition) is 1. The molecule has 1 aromatic heterocycles. The average Bonchev–Trinajstić information content (AvgIpc) is 3.42. The standard InChI is InChI=1S/C24H22FN3O5S2/c25-18-7-4-6-17(16-18)23(30)27-11-13-28(14-12-27)24(31)22(26-21(29)20-10-5-15-34-20)35(32,33)19-8-2-1-3-9-19/h1-10,15-16,22H,11-14H2,(H,26,29). The molecule has 182 valence electrons. The molecule has 35 heavy (non-hydrogen) atoms. The Kier molecular flexibility index (Phi) is 7.27. The van der Waals surface area contributed by atoms with Crippen LogP contribution in [0.1, 0.15) is 20.0 Å². The molecule has 0 aliphatic carbocycles. The highest BCUT2D eigenvalue weighted by molar-refractivity contribution is 7.92. The average molecular weight is 516 g/mol. The van der Waals surface area contributed by atoms with Crippen molar-refractivity contribution in [1.29, 1.82) is 0 Å². The van der Waals surface area contributed by atoms with E-state index >= 15 is 0 Å². The lowest BCUT2D eigenvalue weighted by atomic mass is 10.1. The Hall–Kier alpha value is -3.57. The molecule has 0 spiro atoms. The summed E-state index contributed by atoms with van der Waals surface area (Å²) < 4.78 is 40.2. The second-order valence-electron chi connectivity index (χ2n) is 7.82. The van der Waals surface area contributed by atoms with Gasteiger partial charge in [0.25, 0.3) is 17.7 Å². The third kappa shape index (κ3) is 5.41. The van der Waals surface area contributed by atoms with Gasteiger partial charge in [-0.05, 0) is 41.8 Å². The number of carbonyl (C=O) groups excluding carboxylic acids is 3. The van der Waals surface area contributed by atoms with Crippen LogP contribution in [-0.2, 0) is 14.6 Å². The predicted octanol–water partition coefficient (Wildman–Crippen LogP) is 2.40. The lowest BCUT2D eigenvalue weighted by Gasteiger charge is -2.36. The van der Waals surface area contributed by atoms with Gasteiger partial charge in [0.15, 0.2) is 0 Å². The Labute approximate surface area is 205 Å². The highest BCUT2D eigenvalue weighted by atomic mass is 32.2. The maximum atomic E-state index is 13.5. The SMILES string of the molecule is O=C(NC(C(=O)N1CCN(C(=O)c2cccc(F)c2)CC1)S(=O)(=O)c1ccccc1)c1cccs1. The van der Waals surface area contributed by atoms with E-state index in [1.165, 1.54) is 58.3 Å². The number of benzene rings is 2. The highest BCUT2D eigenvalue weighted by Gasteiger charge is 2.39. The minimum atomic E-state index is -4.25. The lowest BCUT2D eigenvalue weighted by molar-refractivity contribution is -0.132. The number of piperazine rings is 1. The van der Waals surface area contributed by atoms with Crippen LogP contribution in [0.25, 0.3) is 0 Å². The van der Waals surface area contributed by atoms with E-state index in [9.17, 15) is 27.2 Å². The van der Waals surface area contributed by atoms with Crippen LogP contribution in [0, 0.1) is 5.82 Å². The third-order valence-electron chi connectivity index (χ3n) is 5.56. The van der Waals surface area contributed by atoms with Gasteiger partial charge in [-0.25, -0.2) is 12.8 Å². The molecule has 3 aromatic rings. The summed E-state index contributed by atoms with van der Waals surface area (Å²) in [5.74, 6) is -2.36. The van der Waals surface area contributed by atoms with E-state index in [4.69, 9.17) is 0 Å². The zero-order valence-corrected chi connectivity index (χ0v) is 20.1. The van der Waals surface area contributed by atoms with E-state index in [1.54, 1.807) is 17.5 Å². The van der Waals surface area contributed by atoms with Crippen molar-refractivity contribution in [2.24, 2.45) is 0 Å². The molecule has 4 rings (SSSR count). The minimum absolute atomic E-state index is 0.0651. The number of carbonyl (C=O) groups is 3. The number of sulfone groups is 1. The zero-order chi connectivity index (χ0) is 25.0. The summed E-state index contributed by atoms with van der Waals surface area (Å²) in [6, 6.07) is 16.0. The van der Waals surface area contributed by atoms with Crippen molar-refractivity contribution in [3.05, 3.63) is 88.4 Å². The molecule has 0 bridgehead atoms. The van der Waals surface area contributed by atoms with Crippen molar-refractivity contribution in [3.8, 4) is 0 Å². The van der Waals surface area contributed by atoms with Gasteiger partial charge in [0.1, 0.15) is 5.82 Å². The van der Waals surface area contributed by atoms with Gasteiger partial charge in [-0.2, -0.15) is 0 Å². The van der Waals surface area contributed by atoms with Crippen LogP contribution >= 0.6 is 11.3 Å². The van der Waals surface area contributed by atoms with E-state index in [0.717, 1.165) is 17.4 Å². The zero-order valence-electron chi connectivity index (χ0n) is 18.5. The fourth-order valence-corrected chi connectivity index (χ4v) is 5.83. The molecule has 11 heteroatoms. The van der Waals surface area contributed by atoms with Gasteiger partial charge in [0.2, 0.25) is 15.2 Å². The maximum Gasteiger partial charge on any atom is 0.262 e. The highest BCUT2D eigenvalue weighted by Crippen LogP contribution is 2.19. The topological polar surface area (TPSA) is 104 Å². The molecule has 1 atom stereocenters. The molecular formula is C24H22FN3O5S2. The number of amides is 3. The predicted molar refractivity (Wildman–Crippen MR) is 128 cm³/mol. The Morgan fingerprint density at radius 3 is 2.20 bits per heavy atom. The maximum absolute atomic E-state index is 13.5. The van der Waals surface area contributed by atoms with Gasteiger partial charge in [-0.1, -0.05) is 30.3 Å². The first-order valence-corrected chi connectivity index (χ1v) is 13.2. The van der Waals surface area contributed by atoms with Crippen LogP contribution in [0.15, 0.2) is 77.0 Å². The molecule has 2 aromatic carbocycles. The summed E-state index contributed by atoms with van der Waals surface area (Å²) >= 11 is 1.13. The van der Waals surface area contributed by atoms with E-state index in [1.807, 2.05) is 0 Å². The largest absolute Gasteiger partial charge is 0.336 e. The normalized spacial score (nSPS) is 14.9. The number of rotatable bonds is 6. The van der Waals surface area contributed by atoms with Crippen LogP contribution in [0.3, 0.4) is 0 Å². The van der Waals surface area contributed by atoms with E-state index in [2.05, 4.69) is 5.32 Å². The number of nitrogens with one attached hydrogen (secondary N) is 1. The van der Waals surface area contributed by atoms with Crippen molar-refractivity contribution in [2.45, 2.75) is 10.3 Å². The van der Waals surface area contributed by atoms with E-state index < -0.39 is 32.8 Å². The van der Waals surface area contributed by atoms with Gasteiger partial charge in [-0.15, -0.1) is 11.3 Å². The van der Waals surface area contributed by atoms with Crippen LogP contribution < -0.4 is 5.32 Å². The molecule has 2 heterocycles. The van der Waals surface area contributed by atoms with Crippen LogP contribution in [0.4, 0.5) is 4.39 Å². The monoisotopic (exact) mass is 515 g/mol. The Morgan fingerprint density at radius 1 is 0.886 bits per heavy atom. The second kappa shape index (κ2) is 10.4. The van der Waals surface area contributed by atoms with E-state index in [0.29, 0.717) is 0 Å². The van der Waals surface area contributed by atoms with Gasteiger partial charge in [0, 0.05) is 31.7 Å². The van der Waals surface area contributed by atoms with Crippen molar-refractivity contribution in [2.75, 3.05) is 26.2 Å². The number of thiophene rings is 1. The summed E-state index contributed by atoms with van der Waals surface area (Å²) in [4.78, 5) is 41.7. The number of hydrogen-bond acceptors (Lipinski definition) is 6. The molecule has 1 aliphatic rings. The quantitative estimate of drug-likeness (QED) is 0.543. The Bertz CT molecular complexity index is 1320. The fraction of sp³-hybridized carbons (Fsp3) is 0.208. The molecule has 3 amide bonds. The summed E-state index contributed by atoms with van der Waals surface area (Å²) in [5, 5.41) is 2.24. The lowest BCUT2D eigenvalue weighted by Crippen LogP contribution is -2.57. The first kappa shape index (κ1) is 24.6. The van der Waals surface area contributed by atoms with Crippen molar-refractivity contribution in [3.63, 3.8) is 0 Å². The van der Waals surface area contributed by atoms with Gasteiger partial charge < -0.3 is 15.1 Å². The molecule has 1 aliphatic heterocycles. The van der Waals surface area contributed by atoms with Crippen LogP contribution in [-0.4, -0.2) is 67.5 Å². The molecule has 1 saturated heterocycles. The summed E-state index contributed by atoms with van der Waals surface area (Å²) in [7, 11) is -4.25. The van der Waals surface area contributed by atoms with Gasteiger partial charge in [-0.3, -0.25) is 14.4 Å². The molecule has 1 fully saturated rings. The molecule has 1 unspecified atom stereocenters. The minimum Gasteiger partial charge on any atom is -0.336 e. The van der Waals surface area contributed by atoms with Gasteiger partial charge >= 0.3 is 0 Å². The number of halogens is 1. The number of nitrogens with zero attached hydrogens (tertiary/aromatic N) is 2. The summed E-state index contributed by atoms with van der Waals surface area (Å²) in [6.07, 6.45) is 0. The molecular weight excluding hydrogens is 493 g/mol. The van der Waals surface area contributed by atoms with Crippen molar-refractivity contribution in [1.82, 2.24) is 15.1 Å². The summed E-state index contributed by atoms with van der Waals surface area (Å²) in [5.41, 5.74) is 0.192. The van der Waals surface area contributed by atoms with Crippen molar-refractivity contribution < 1.29 is 27.2 Å². The van der Waals surface area contributed by atoms with Crippen LogP contribution in [0.2, 0.25) is 0 Å². The van der Waals surface area contributed by atoms with Gasteiger partial charge in [0.05, 0.1) is 9.77 Å². The third-order valence-corrected chi connectivity index (χ3v) is 8.30. The molecule has 0 radical (unpaired) electrons. The van der Waals surface area contributed by atoms with Crippen LogP contribution in [0.5, 0.6) is 0 Å². The summed E-state index contributed by atoms with van der Waals surface area (Å²) in [6.45, 7) is 0.404. The molecule has 8 nitrogen and oxygen atoms in total. The molecule has 0 saturated carbocycles.